The van der Waals surface area contributed by atoms with Crippen LogP contribution in [0.15, 0.2) is 36.4 Å². The summed E-state index contributed by atoms with van der Waals surface area (Å²) in [6.45, 7) is 3.55. The molecule has 1 fully saturated rings. The van der Waals surface area contributed by atoms with Gasteiger partial charge in [0, 0.05) is 30.4 Å². The number of pyridine rings is 1. The Balaban J connectivity index is 1.58. The average Bonchev–Trinajstić information content (AvgIpc) is 2.58. The number of aryl methyl sites for hydroxylation is 1. The highest BCUT2D eigenvalue weighted by Crippen LogP contribution is 2.24. The summed E-state index contributed by atoms with van der Waals surface area (Å²) in [6.07, 6.45) is 1.52. The fourth-order valence-electron chi connectivity index (χ4n) is 2.89. The van der Waals surface area contributed by atoms with Gasteiger partial charge in [0.15, 0.2) is 0 Å². The van der Waals surface area contributed by atoms with Gasteiger partial charge in [-0.05, 0) is 50.1 Å². The van der Waals surface area contributed by atoms with Gasteiger partial charge >= 0.3 is 0 Å². The van der Waals surface area contributed by atoms with E-state index in [-0.39, 0.29) is 16.8 Å². The van der Waals surface area contributed by atoms with E-state index < -0.39 is 5.82 Å². The Morgan fingerprint density at radius 2 is 2.04 bits per heavy atom. The molecular formula is C18H19ClFN3O. The molecule has 3 rings (SSSR count). The monoisotopic (exact) mass is 347 g/mol. The minimum absolute atomic E-state index is 0.00754. The smallest absolute Gasteiger partial charge is 0.227 e. The molecular weight excluding hydrogens is 329 g/mol. The number of halogens is 2. The normalized spacial score (nSPS) is 15.4. The zero-order valence-electron chi connectivity index (χ0n) is 13.4. The second-order valence-electron chi connectivity index (χ2n) is 6.02. The van der Waals surface area contributed by atoms with Crippen LogP contribution in [-0.4, -0.2) is 24.0 Å². The van der Waals surface area contributed by atoms with Crippen molar-refractivity contribution in [2.24, 2.45) is 5.92 Å². The van der Waals surface area contributed by atoms with E-state index in [4.69, 9.17) is 11.6 Å². The molecule has 2 heterocycles. The maximum atomic E-state index is 13.2. The maximum absolute atomic E-state index is 13.2. The topological polar surface area (TPSA) is 45.2 Å². The molecule has 1 aliphatic rings. The lowest BCUT2D eigenvalue weighted by Crippen LogP contribution is -2.38. The molecule has 0 unspecified atom stereocenters. The Kier molecular flexibility index (Phi) is 5.00. The van der Waals surface area contributed by atoms with Crippen LogP contribution in [0.25, 0.3) is 0 Å². The van der Waals surface area contributed by atoms with Crippen molar-refractivity contribution in [3.05, 3.63) is 52.9 Å². The van der Waals surface area contributed by atoms with Gasteiger partial charge in [-0.3, -0.25) is 4.79 Å². The molecule has 1 aromatic heterocycles. The van der Waals surface area contributed by atoms with E-state index in [1.54, 1.807) is 0 Å². The first kappa shape index (κ1) is 16.7. The van der Waals surface area contributed by atoms with Crippen LogP contribution in [0, 0.1) is 18.7 Å². The molecule has 0 aliphatic carbocycles. The number of piperidine rings is 1. The molecule has 24 heavy (non-hydrogen) atoms. The second kappa shape index (κ2) is 7.18. The first-order chi connectivity index (χ1) is 11.5. The lowest BCUT2D eigenvalue weighted by Gasteiger charge is -2.32. The van der Waals surface area contributed by atoms with Gasteiger partial charge in [-0.2, -0.15) is 0 Å². The summed E-state index contributed by atoms with van der Waals surface area (Å²) >= 11 is 5.74. The van der Waals surface area contributed by atoms with Gasteiger partial charge in [0.25, 0.3) is 0 Å². The Bertz CT molecular complexity index is 745. The molecule has 6 heteroatoms. The molecule has 1 aliphatic heterocycles. The molecule has 0 spiro atoms. The van der Waals surface area contributed by atoms with Crippen molar-refractivity contribution >= 4 is 29.0 Å². The summed E-state index contributed by atoms with van der Waals surface area (Å²) in [5, 5.41) is 2.83. The van der Waals surface area contributed by atoms with Crippen LogP contribution in [0.2, 0.25) is 5.02 Å². The predicted molar refractivity (Wildman–Crippen MR) is 94.0 cm³/mol. The van der Waals surface area contributed by atoms with E-state index in [0.29, 0.717) is 5.69 Å². The molecule has 1 aromatic carbocycles. The third-order valence-corrected chi connectivity index (χ3v) is 4.54. The molecule has 0 radical (unpaired) electrons. The van der Waals surface area contributed by atoms with E-state index in [2.05, 4.69) is 15.2 Å². The Hall–Kier alpha value is -2.14. The number of nitrogens with one attached hydrogen (secondary N) is 1. The van der Waals surface area contributed by atoms with Crippen LogP contribution < -0.4 is 10.2 Å². The van der Waals surface area contributed by atoms with Gasteiger partial charge in [0.1, 0.15) is 11.6 Å². The first-order valence-electron chi connectivity index (χ1n) is 7.97. The summed E-state index contributed by atoms with van der Waals surface area (Å²) in [5.41, 5.74) is 1.51. The second-order valence-corrected chi connectivity index (χ2v) is 6.42. The molecule has 0 bridgehead atoms. The lowest BCUT2D eigenvalue weighted by molar-refractivity contribution is -0.120. The predicted octanol–water partition coefficient (Wildman–Crippen LogP) is 4.04. The van der Waals surface area contributed by atoms with Crippen molar-refractivity contribution in [2.75, 3.05) is 23.3 Å². The number of carbonyl (C=O) groups is 1. The van der Waals surface area contributed by atoms with Crippen LogP contribution in [0.1, 0.15) is 18.5 Å². The number of hydrogen-bond donors (Lipinski definition) is 1. The summed E-state index contributed by atoms with van der Waals surface area (Å²) in [4.78, 5) is 19.1. The van der Waals surface area contributed by atoms with E-state index in [0.717, 1.165) is 37.4 Å². The number of carbonyl (C=O) groups excluding carboxylic acids is 1. The number of aromatic nitrogens is 1. The number of rotatable bonds is 3. The van der Waals surface area contributed by atoms with E-state index >= 15 is 0 Å². The molecule has 0 saturated carbocycles. The van der Waals surface area contributed by atoms with Gasteiger partial charge in [-0.1, -0.05) is 17.7 Å². The third kappa shape index (κ3) is 3.85. The van der Waals surface area contributed by atoms with Crippen molar-refractivity contribution in [3.8, 4) is 0 Å². The SMILES string of the molecule is Cc1cccc(N2CCC(C(=O)Nc3ccc(F)c(Cl)c3)CC2)n1. The Morgan fingerprint density at radius 3 is 2.71 bits per heavy atom. The minimum Gasteiger partial charge on any atom is -0.357 e. The molecule has 2 aromatic rings. The molecule has 0 atom stereocenters. The molecule has 1 saturated heterocycles. The van der Waals surface area contributed by atoms with Crippen molar-refractivity contribution < 1.29 is 9.18 Å². The zero-order chi connectivity index (χ0) is 17.1. The number of nitrogens with zero attached hydrogens (tertiary/aromatic N) is 2. The highest BCUT2D eigenvalue weighted by molar-refractivity contribution is 6.31. The summed E-state index contributed by atoms with van der Waals surface area (Å²) < 4.78 is 13.2. The summed E-state index contributed by atoms with van der Waals surface area (Å²) in [6, 6.07) is 10.2. The highest BCUT2D eigenvalue weighted by Gasteiger charge is 2.25. The van der Waals surface area contributed by atoms with Gasteiger partial charge in [0.05, 0.1) is 5.02 Å². The molecule has 126 valence electrons. The fraction of sp³-hybridized carbons (Fsp3) is 0.333. The van der Waals surface area contributed by atoms with Gasteiger partial charge in [-0.25, -0.2) is 9.37 Å². The van der Waals surface area contributed by atoms with Gasteiger partial charge < -0.3 is 10.2 Å². The number of amides is 1. The van der Waals surface area contributed by atoms with Crippen LogP contribution in [0.5, 0.6) is 0 Å². The molecule has 1 N–H and O–H groups in total. The molecule has 1 amide bonds. The van der Waals surface area contributed by atoms with Crippen LogP contribution in [-0.2, 0) is 4.79 Å². The van der Waals surface area contributed by atoms with Crippen molar-refractivity contribution in [1.29, 1.82) is 0 Å². The quantitative estimate of drug-likeness (QED) is 0.911. The summed E-state index contributed by atoms with van der Waals surface area (Å²) in [5.74, 6) is 0.359. The highest BCUT2D eigenvalue weighted by atomic mass is 35.5. The standard InChI is InChI=1S/C18H19ClFN3O/c1-12-3-2-4-17(21-12)23-9-7-13(8-10-23)18(24)22-14-5-6-16(20)15(19)11-14/h2-6,11,13H,7-10H2,1H3,(H,22,24). The number of hydrogen-bond acceptors (Lipinski definition) is 3. The summed E-state index contributed by atoms with van der Waals surface area (Å²) in [7, 11) is 0. The number of anilines is 2. The Morgan fingerprint density at radius 1 is 1.29 bits per heavy atom. The van der Waals surface area contributed by atoms with Crippen molar-refractivity contribution in [2.45, 2.75) is 19.8 Å². The number of benzene rings is 1. The van der Waals surface area contributed by atoms with E-state index in [1.165, 1.54) is 18.2 Å². The van der Waals surface area contributed by atoms with E-state index in [1.807, 2.05) is 25.1 Å². The van der Waals surface area contributed by atoms with Crippen LogP contribution in [0.4, 0.5) is 15.9 Å². The van der Waals surface area contributed by atoms with Crippen LogP contribution >= 0.6 is 11.6 Å². The lowest BCUT2D eigenvalue weighted by atomic mass is 9.95. The van der Waals surface area contributed by atoms with Crippen molar-refractivity contribution in [1.82, 2.24) is 4.98 Å². The Labute approximate surface area is 145 Å². The first-order valence-corrected chi connectivity index (χ1v) is 8.35. The zero-order valence-corrected chi connectivity index (χ0v) is 14.2. The van der Waals surface area contributed by atoms with Gasteiger partial charge in [-0.15, -0.1) is 0 Å². The fourth-order valence-corrected chi connectivity index (χ4v) is 3.07. The average molecular weight is 348 g/mol. The van der Waals surface area contributed by atoms with Crippen LogP contribution in [0.3, 0.4) is 0 Å². The van der Waals surface area contributed by atoms with Crippen molar-refractivity contribution in [3.63, 3.8) is 0 Å². The largest absolute Gasteiger partial charge is 0.357 e. The third-order valence-electron chi connectivity index (χ3n) is 4.25. The minimum atomic E-state index is -0.492. The van der Waals surface area contributed by atoms with Gasteiger partial charge in [0.2, 0.25) is 5.91 Å². The maximum Gasteiger partial charge on any atom is 0.227 e. The molecule has 4 nitrogen and oxygen atoms in total. The van der Waals surface area contributed by atoms with E-state index in [9.17, 15) is 9.18 Å².